The van der Waals surface area contributed by atoms with Crippen molar-refractivity contribution in [3.05, 3.63) is 24.4 Å². The maximum Gasteiger partial charge on any atom is 0.213 e. The van der Waals surface area contributed by atoms with Gasteiger partial charge in [0.15, 0.2) is 0 Å². The van der Waals surface area contributed by atoms with Crippen molar-refractivity contribution in [1.29, 1.82) is 0 Å². The van der Waals surface area contributed by atoms with Crippen molar-refractivity contribution in [1.82, 2.24) is 4.98 Å². The zero-order valence-corrected chi connectivity index (χ0v) is 8.32. The fourth-order valence-corrected chi connectivity index (χ4v) is 0.975. The molecule has 0 amide bonds. The molecule has 0 spiro atoms. The minimum atomic E-state index is 0.720. The summed E-state index contributed by atoms with van der Waals surface area (Å²) in [6.45, 7) is 0.764. The SMILES string of the molecule is ICCCOc1ccccn1. The number of ether oxygens (including phenoxy) is 1. The van der Waals surface area contributed by atoms with Gasteiger partial charge in [0.2, 0.25) is 5.88 Å². The molecule has 1 heterocycles. The van der Waals surface area contributed by atoms with Gasteiger partial charge >= 0.3 is 0 Å². The predicted octanol–water partition coefficient (Wildman–Crippen LogP) is 2.29. The lowest BCUT2D eigenvalue weighted by atomic mass is 10.5. The van der Waals surface area contributed by atoms with Gasteiger partial charge < -0.3 is 4.74 Å². The van der Waals surface area contributed by atoms with Gasteiger partial charge in [-0.2, -0.15) is 0 Å². The number of pyridine rings is 1. The molecule has 1 aromatic heterocycles. The molecule has 0 saturated heterocycles. The van der Waals surface area contributed by atoms with Crippen LogP contribution in [0.3, 0.4) is 0 Å². The third-order valence-corrected chi connectivity index (χ3v) is 1.93. The lowest BCUT2D eigenvalue weighted by Gasteiger charge is -2.01. The summed E-state index contributed by atoms with van der Waals surface area (Å²) in [6, 6.07) is 5.67. The monoisotopic (exact) mass is 263 g/mol. The molecule has 0 aliphatic carbocycles. The number of hydrogen-bond donors (Lipinski definition) is 0. The molecule has 0 N–H and O–H groups in total. The lowest BCUT2D eigenvalue weighted by molar-refractivity contribution is 0.307. The first kappa shape index (κ1) is 8.77. The first-order valence-corrected chi connectivity index (χ1v) is 5.06. The highest BCUT2D eigenvalue weighted by molar-refractivity contribution is 14.1. The normalized spacial score (nSPS) is 9.55. The summed E-state index contributed by atoms with van der Waals surface area (Å²) >= 11 is 2.33. The molecule has 0 aromatic carbocycles. The zero-order valence-electron chi connectivity index (χ0n) is 6.16. The molecule has 3 heteroatoms. The first-order chi connectivity index (χ1) is 5.43. The molecule has 11 heavy (non-hydrogen) atoms. The van der Waals surface area contributed by atoms with E-state index in [9.17, 15) is 0 Å². The van der Waals surface area contributed by atoms with Gasteiger partial charge in [0.05, 0.1) is 6.61 Å². The molecule has 0 aliphatic heterocycles. The van der Waals surface area contributed by atoms with E-state index in [2.05, 4.69) is 27.6 Å². The number of hydrogen-bond acceptors (Lipinski definition) is 2. The second-order valence-electron chi connectivity index (χ2n) is 2.06. The lowest BCUT2D eigenvalue weighted by Crippen LogP contribution is -1.98. The summed E-state index contributed by atoms with van der Waals surface area (Å²) in [6.07, 6.45) is 2.82. The van der Waals surface area contributed by atoms with Crippen molar-refractivity contribution >= 4 is 22.6 Å². The van der Waals surface area contributed by atoms with Gasteiger partial charge in [0.1, 0.15) is 0 Å². The highest BCUT2D eigenvalue weighted by Gasteiger charge is 1.90. The average molecular weight is 263 g/mol. The van der Waals surface area contributed by atoms with Crippen molar-refractivity contribution in [2.24, 2.45) is 0 Å². The van der Waals surface area contributed by atoms with E-state index in [0.717, 1.165) is 23.3 Å². The largest absolute Gasteiger partial charge is 0.478 e. The Balaban J connectivity index is 2.28. The van der Waals surface area contributed by atoms with Crippen LogP contribution in [-0.2, 0) is 0 Å². The van der Waals surface area contributed by atoms with Crippen molar-refractivity contribution in [3.63, 3.8) is 0 Å². The summed E-state index contributed by atoms with van der Waals surface area (Å²) in [5, 5.41) is 0. The zero-order chi connectivity index (χ0) is 7.94. The number of aromatic nitrogens is 1. The van der Waals surface area contributed by atoms with E-state index in [-0.39, 0.29) is 0 Å². The van der Waals surface area contributed by atoms with Crippen molar-refractivity contribution in [2.45, 2.75) is 6.42 Å². The maximum absolute atomic E-state index is 5.33. The summed E-state index contributed by atoms with van der Waals surface area (Å²) in [5.41, 5.74) is 0. The van der Waals surface area contributed by atoms with Crippen LogP contribution in [0.1, 0.15) is 6.42 Å². The topological polar surface area (TPSA) is 22.1 Å². The molecule has 0 saturated carbocycles. The van der Waals surface area contributed by atoms with E-state index in [1.165, 1.54) is 0 Å². The molecule has 1 aromatic rings. The molecule has 60 valence electrons. The summed E-state index contributed by atoms with van der Waals surface area (Å²) in [4.78, 5) is 4.03. The van der Waals surface area contributed by atoms with Crippen LogP contribution in [0.5, 0.6) is 5.88 Å². The van der Waals surface area contributed by atoms with Crippen molar-refractivity contribution < 1.29 is 4.74 Å². The van der Waals surface area contributed by atoms with Gasteiger partial charge in [-0.1, -0.05) is 28.7 Å². The molecule has 0 atom stereocenters. The van der Waals surface area contributed by atoms with E-state index in [4.69, 9.17) is 4.74 Å². The minimum absolute atomic E-state index is 0.720. The van der Waals surface area contributed by atoms with E-state index in [1.54, 1.807) is 6.20 Å². The standard InChI is InChI=1S/C8H10INO/c9-5-3-7-11-8-4-1-2-6-10-8/h1-2,4,6H,3,5,7H2. The maximum atomic E-state index is 5.33. The Morgan fingerprint density at radius 3 is 3.00 bits per heavy atom. The quantitative estimate of drug-likeness (QED) is 0.472. The fraction of sp³-hybridized carbons (Fsp3) is 0.375. The van der Waals surface area contributed by atoms with Gasteiger partial charge in [0.25, 0.3) is 0 Å². The van der Waals surface area contributed by atoms with Crippen molar-refractivity contribution in [2.75, 3.05) is 11.0 Å². The van der Waals surface area contributed by atoms with Gasteiger partial charge in [0, 0.05) is 16.7 Å². The van der Waals surface area contributed by atoms with Crippen LogP contribution in [0.2, 0.25) is 0 Å². The van der Waals surface area contributed by atoms with Crippen molar-refractivity contribution in [3.8, 4) is 5.88 Å². The fourth-order valence-electron chi connectivity index (χ4n) is 0.664. The number of rotatable bonds is 4. The molecule has 0 unspecified atom stereocenters. The average Bonchev–Trinajstić information content (AvgIpc) is 2.07. The smallest absolute Gasteiger partial charge is 0.213 e. The molecule has 1 rings (SSSR count). The van der Waals surface area contributed by atoms with Crippen LogP contribution >= 0.6 is 22.6 Å². The van der Waals surface area contributed by atoms with Crippen LogP contribution in [0.4, 0.5) is 0 Å². The Morgan fingerprint density at radius 1 is 1.45 bits per heavy atom. The Bertz CT molecular complexity index is 191. The number of halogens is 1. The summed E-state index contributed by atoms with van der Waals surface area (Å²) in [7, 11) is 0. The van der Waals surface area contributed by atoms with Gasteiger partial charge in [-0.3, -0.25) is 0 Å². The molecular weight excluding hydrogens is 253 g/mol. The number of alkyl halides is 1. The molecular formula is C8H10INO. The molecule has 2 nitrogen and oxygen atoms in total. The van der Waals surface area contributed by atoms with Gasteiger partial charge in [-0.15, -0.1) is 0 Å². The van der Waals surface area contributed by atoms with E-state index < -0.39 is 0 Å². The summed E-state index contributed by atoms with van der Waals surface area (Å²) in [5.74, 6) is 0.720. The highest BCUT2D eigenvalue weighted by atomic mass is 127. The minimum Gasteiger partial charge on any atom is -0.478 e. The Morgan fingerprint density at radius 2 is 2.36 bits per heavy atom. The van der Waals surface area contributed by atoms with Gasteiger partial charge in [-0.05, 0) is 12.5 Å². The van der Waals surface area contributed by atoms with E-state index in [0.29, 0.717) is 0 Å². The Kier molecular flexibility index (Phi) is 4.26. The summed E-state index contributed by atoms with van der Waals surface area (Å²) < 4.78 is 6.46. The first-order valence-electron chi connectivity index (χ1n) is 3.53. The second kappa shape index (κ2) is 5.35. The molecule has 0 fully saturated rings. The second-order valence-corrected chi connectivity index (χ2v) is 3.14. The van der Waals surface area contributed by atoms with Crippen LogP contribution in [0.15, 0.2) is 24.4 Å². The van der Waals surface area contributed by atoms with E-state index >= 15 is 0 Å². The predicted molar refractivity (Wildman–Crippen MR) is 53.2 cm³/mol. The molecule has 0 bridgehead atoms. The van der Waals surface area contributed by atoms with Crippen LogP contribution in [0.25, 0.3) is 0 Å². The Labute approximate surface area is 80.1 Å². The van der Waals surface area contributed by atoms with Crippen LogP contribution in [-0.4, -0.2) is 16.0 Å². The van der Waals surface area contributed by atoms with Gasteiger partial charge in [-0.25, -0.2) is 4.98 Å². The molecule has 0 radical (unpaired) electrons. The van der Waals surface area contributed by atoms with Crippen LogP contribution < -0.4 is 4.74 Å². The highest BCUT2D eigenvalue weighted by Crippen LogP contribution is 2.03. The molecule has 0 aliphatic rings. The van der Waals surface area contributed by atoms with Crippen LogP contribution in [0, 0.1) is 0 Å². The third-order valence-electron chi connectivity index (χ3n) is 1.17. The third kappa shape index (κ3) is 3.55. The Hall–Kier alpha value is -0.320. The number of nitrogens with zero attached hydrogens (tertiary/aromatic N) is 1. The van der Waals surface area contributed by atoms with E-state index in [1.807, 2.05) is 18.2 Å².